The maximum Gasteiger partial charge on any atom is 0.310 e. The molecular weight excluding hydrogens is 222 g/mol. The summed E-state index contributed by atoms with van der Waals surface area (Å²) in [6, 6.07) is 0. The summed E-state index contributed by atoms with van der Waals surface area (Å²) in [6.45, 7) is 7.16. The van der Waals surface area contributed by atoms with E-state index in [1.807, 2.05) is 0 Å². The highest BCUT2D eigenvalue weighted by Gasteiger charge is 2.38. The Bertz CT molecular complexity index is 276. The van der Waals surface area contributed by atoms with E-state index >= 15 is 0 Å². The van der Waals surface area contributed by atoms with Gasteiger partial charge in [-0.2, -0.15) is 0 Å². The van der Waals surface area contributed by atoms with Crippen LogP contribution in [0.2, 0.25) is 0 Å². The molecule has 0 rings (SSSR count). The molecule has 0 heterocycles. The molecule has 0 fully saturated rings. The van der Waals surface area contributed by atoms with Crippen molar-refractivity contribution >= 4 is 11.9 Å². The molecule has 0 saturated carbocycles. The number of nitrogens with one attached hydrogen (secondary N) is 1. The first-order valence-corrected chi connectivity index (χ1v) is 5.88. The van der Waals surface area contributed by atoms with Gasteiger partial charge < -0.3 is 15.5 Å². The third-order valence-electron chi connectivity index (χ3n) is 3.17. The molecule has 17 heavy (non-hydrogen) atoms. The summed E-state index contributed by atoms with van der Waals surface area (Å²) < 4.78 is 0. The Morgan fingerprint density at radius 2 is 1.82 bits per heavy atom. The zero-order valence-electron chi connectivity index (χ0n) is 11.0. The summed E-state index contributed by atoms with van der Waals surface area (Å²) in [5, 5.41) is 20.8. The number of carboxylic acid groups (broad SMARTS) is 1. The van der Waals surface area contributed by atoms with Crippen molar-refractivity contribution in [1.82, 2.24) is 5.32 Å². The van der Waals surface area contributed by atoms with Crippen LogP contribution in [0, 0.1) is 11.3 Å². The number of amides is 1. The minimum Gasteiger partial charge on any atom is -0.481 e. The highest BCUT2D eigenvalue weighted by Crippen LogP contribution is 2.31. The Balaban J connectivity index is 4.29. The second-order valence-corrected chi connectivity index (χ2v) is 5.04. The lowest BCUT2D eigenvalue weighted by Gasteiger charge is -2.28. The van der Waals surface area contributed by atoms with Crippen molar-refractivity contribution in [3.8, 4) is 0 Å². The largest absolute Gasteiger partial charge is 0.481 e. The van der Waals surface area contributed by atoms with E-state index in [2.05, 4.69) is 5.32 Å². The van der Waals surface area contributed by atoms with Gasteiger partial charge in [0.25, 0.3) is 0 Å². The van der Waals surface area contributed by atoms with Gasteiger partial charge >= 0.3 is 5.97 Å². The van der Waals surface area contributed by atoms with Crippen LogP contribution in [-0.2, 0) is 9.59 Å². The highest BCUT2D eigenvalue weighted by molar-refractivity contribution is 5.84. The van der Waals surface area contributed by atoms with Crippen molar-refractivity contribution in [1.29, 1.82) is 0 Å². The number of aliphatic carboxylic acids is 1. The lowest BCUT2D eigenvalue weighted by Crippen LogP contribution is -2.39. The number of rotatable bonds is 7. The zero-order chi connectivity index (χ0) is 13.6. The van der Waals surface area contributed by atoms with Gasteiger partial charge in [-0.25, -0.2) is 0 Å². The highest BCUT2D eigenvalue weighted by atomic mass is 16.4. The Morgan fingerprint density at radius 3 is 2.18 bits per heavy atom. The van der Waals surface area contributed by atoms with Crippen LogP contribution in [-0.4, -0.2) is 34.7 Å². The summed E-state index contributed by atoms with van der Waals surface area (Å²) in [6.07, 6.45) is -0.0388. The van der Waals surface area contributed by atoms with E-state index in [0.29, 0.717) is 13.0 Å². The van der Waals surface area contributed by atoms with Crippen molar-refractivity contribution in [2.45, 2.75) is 46.6 Å². The van der Waals surface area contributed by atoms with E-state index in [9.17, 15) is 9.59 Å². The molecule has 0 bridgehead atoms. The molecule has 3 N–H and O–H groups in total. The van der Waals surface area contributed by atoms with Crippen LogP contribution in [0.1, 0.15) is 40.5 Å². The topological polar surface area (TPSA) is 86.6 Å². The number of aliphatic hydroxyl groups excluding tert-OH is 1. The maximum atomic E-state index is 11.6. The normalized spacial score (nSPS) is 16.4. The van der Waals surface area contributed by atoms with Crippen molar-refractivity contribution in [3.63, 3.8) is 0 Å². The second-order valence-electron chi connectivity index (χ2n) is 5.04. The zero-order valence-corrected chi connectivity index (χ0v) is 11.0. The standard InChI is InChI=1S/C12H23NO4/c1-8(2)12(4,11(16)17)7-10(15)13-6-5-9(3)14/h8-9,14H,5-7H2,1-4H3,(H,13,15)(H,16,17). The quantitative estimate of drug-likeness (QED) is 0.624. The van der Waals surface area contributed by atoms with Crippen LogP contribution in [0.25, 0.3) is 0 Å². The van der Waals surface area contributed by atoms with Gasteiger partial charge in [0.15, 0.2) is 0 Å². The van der Waals surface area contributed by atoms with E-state index in [4.69, 9.17) is 10.2 Å². The molecule has 2 unspecified atom stereocenters. The fraction of sp³-hybridized carbons (Fsp3) is 0.833. The van der Waals surface area contributed by atoms with Crippen molar-refractivity contribution in [3.05, 3.63) is 0 Å². The molecule has 0 aliphatic rings. The predicted molar refractivity (Wildman–Crippen MR) is 64.5 cm³/mol. The monoisotopic (exact) mass is 245 g/mol. The molecule has 0 saturated heterocycles. The van der Waals surface area contributed by atoms with Crippen molar-refractivity contribution < 1.29 is 19.8 Å². The van der Waals surface area contributed by atoms with E-state index in [-0.39, 0.29) is 18.2 Å². The van der Waals surface area contributed by atoms with Crippen molar-refractivity contribution in [2.24, 2.45) is 11.3 Å². The van der Waals surface area contributed by atoms with Gasteiger partial charge in [0.2, 0.25) is 5.91 Å². The molecule has 1 amide bonds. The molecule has 0 radical (unpaired) electrons. The first kappa shape index (κ1) is 15.9. The van der Waals surface area contributed by atoms with E-state index in [1.54, 1.807) is 27.7 Å². The Labute approximate surface area is 102 Å². The summed E-state index contributed by atoms with van der Waals surface area (Å²) in [5.74, 6) is -1.37. The molecule has 100 valence electrons. The third-order valence-corrected chi connectivity index (χ3v) is 3.17. The first-order chi connectivity index (χ1) is 7.70. The fourth-order valence-corrected chi connectivity index (χ4v) is 1.34. The van der Waals surface area contributed by atoms with Crippen molar-refractivity contribution in [2.75, 3.05) is 6.54 Å². The van der Waals surface area contributed by atoms with Gasteiger partial charge in [-0.05, 0) is 26.2 Å². The van der Waals surface area contributed by atoms with Gasteiger partial charge in [0.1, 0.15) is 0 Å². The van der Waals surface area contributed by atoms with Crippen LogP contribution in [0.3, 0.4) is 0 Å². The van der Waals surface area contributed by atoms with Crippen LogP contribution in [0.4, 0.5) is 0 Å². The van der Waals surface area contributed by atoms with Crippen LogP contribution >= 0.6 is 0 Å². The number of aliphatic hydroxyl groups is 1. The molecule has 5 nitrogen and oxygen atoms in total. The minimum atomic E-state index is -1.05. The number of hydrogen-bond donors (Lipinski definition) is 3. The van der Waals surface area contributed by atoms with Gasteiger partial charge in [-0.15, -0.1) is 0 Å². The van der Waals surface area contributed by atoms with E-state index in [0.717, 1.165) is 0 Å². The number of carbonyl (C=O) groups excluding carboxylic acids is 1. The van der Waals surface area contributed by atoms with E-state index in [1.165, 1.54) is 0 Å². The summed E-state index contributed by atoms with van der Waals surface area (Å²) >= 11 is 0. The predicted octanol–water partition coefficient (Wildman–Crippen LogP) is 1.01. The summed E-state index contributed by atoms with van der Waals surface area (Å²) in [7, 11) is 0. The van der Waals surface area contributed by atoms with Crippen LogP contribution in [0.15, 0.2) is 0 Å². The lowest BCUT2D eigenvalue weighted by atomic mass is 9.76. The summed E-state index contributed by atoms with van der Waals surface area (Å²) in [4.78, 5) is 22.8. The maximum absolute atomic E-state index is 11.6. The number of hydrogen-bond acceptors (Lipinski definition) is 3. The van der Waals surface area contributed by atoms with Crippen LogP contribution in [0.5, 0.6) is 0 Å². The number of carbonyl (C=O) groups is 2. The average Bonchev–Trinajstić information content (AvgIpc) is 2.15. The Kier molecular flexibility index (Phi) is 6.16. The van der Waals surface area contributed by atoms with Gasteiger partial charge in [-0.1, -0.05) is 13.8 Å². The second kappa shape index (κ2) is 6.59. The average molecular weight is 245 g/mol. The fourth-order valence-electron chi connectivity index (χ4n) is 1.34. The molecule has 2 atom stereocenters. The molecule has 0 aromatic heterocycles. The molecule has 0 aliphatic carbocycles. The molecular formula is C12H23NO4. The molecule has 0 spiro atoms. The van der Waals surface area contributed by atoms with Gasteiger partial charge in [0, 0.05) is 13.0 Å². The third kappa shape index (κ3) is 5.17. The molecule has 0 aromatic rings. The summed E-state index contributed by atoms with van der Waals surface area (Å²) in [5.41, 5.74) is -1.05. The van der Waals surface area contributed by atoms with Crippen LogP contribution < -0.4 is 5.32 Å². The smallest absolute Gasteiger partial charge is 0.310 e. The Morgan fingerprint density at radius 1 is 1.29 bits per heavy atom. The SMILES string of the molecule is CC(O)CCNC(=O)CC(C)(C(=O)O)C(C)C. The molecule has 0 aromatic carbocycles. The molecule has 0 aliphatic heterocycles. The number of carboxylic acids is 1. The first-order valence-electron chi connectivity index (χ1n) is 5.88. The molecule has 5 heteroatoms. The Hall–Kier alpha value is -1.10. The van der Waals surface area contributed by atoms with Gasteiger partial charge in [0.05, 0.1) is 11.5 Å². The van der Waals surface area contributed by atoms with E-state index < -0.39 is 17.5 Å². The van der Waals surface area contributed by atoms with Gasteiger partial charge in [-0.3, -0.25) is 9.59 Å². The lowest BCUT2D eigenvalue weighted by molar-refractivity contribution is -0.153. The minimum absolute atomic E-state index is 0.0419.